The lowest BCUT2D eigenvalue weighted by Crippen LogP contribution is -2.56. The number of carbonyl (C=O) groups is 3. The van der Waals surface area contributed by atoms with E-state index in [1.807, 2.05) is 44.2 Å². The van der Waals surface area contributed by atoms with Gasteiger partial charge in [0.05, 0.1) is 24.2 Å². The molecule has 1 aliphatic rings. The van der Waals surface area contributed by atoms with Crippen LogP contribution in [0.15, 0.2) is 36.5 Å². The van der Waals surface area contributed by atoms with Crippen molar-refractivity contribution in [1.82, 2.24) is 20.2 Å². The number of H-pyrrole nitrogens is 1. The first kappa shape index (κ1) is 30.4. The predicted octanol–water partition coefficient (Wildman–Crippen LogP) is 3.66. The highest BCUT2D eigenvalue weighted by Gasteiger charge is 2.40. The van der Waals surface area contributed by atoms with Gasteiger partial charge in [-0.3, -0.25) is 9.59 Å². The molecule has 2 aromatic heterocycles. The lowest BCUT2D eigenvalue weighted by molar-refractivity contribution is -0.141. The minimum atomic E-state index is -4.96. The number of halogens is 3. The van der Waals surface area contributed by atoms with Crippen LogP contribution in [-0.4, -0.2) is 71.5 Å². The van der Waals surface area contributed by atoms with Gasteiger partial charge in [-0.2, -0.15) is 18.4 Å². The van der Waals surface area contributed by atoms with Gasteiger partial charge in [0.25, 0.3) is 0 Å². The third-order valence-electron chi connectivity index (χ3n) is 7.05. The highest BCUT2D eigenvalue weighted by atomic mass is 19.4. The number of aromatic amines is 1. The van der Waals surface area contributed by atoms with Crippen LogP contribution in [0.25, 0.3) is 10.9 Å². The van der Waals surface area contributed by atoms with Gasteiger partial charge in [-0.15, -0.1) is 0 Å². The van der Waals surface area contributed by atoms with Gasteiger partial charge in [0.1, 0.15) is 17.9 Å². The number of alkyl halides is 3. The van der Waals surface area contributed by atoms with Crippen LogP contribution in [0.3, 0.4) is 0 Å². The maximum Gasteiger partial charge on any atom is 0.434 e. The molecule has 2 N–H and O–H groups in total. The van der Waals surface area contributed by atoms with Crippen LogP contribution in [0, 0.1) is 17.2 Å². The van der Waals surface area contributed by atoms with Crippen molar-refractivity contribution < 1.29 is 32.3 Å². The summed E-state index contributed by atoms with van der Waals surface area (Å²) in [7, 11) is 0. The summed E-state index contributed by atoms with van der Waals surface area (Å²) in [5, 5.41) is 13.4. The molecule has 0 radical (unpaired) electrons. The Balaban J connectivity index is 1.46. The van der Waals surface area contributed by atoms with Gasteiger partial charge in [0.15, 0.2) is 5.69 Å². The third kappa shape index (κ3) is 6.48. The van der Waals surface area contributed by atoms with Crippen LogP contribution >= 0.6 is 0 Å². The third-order valence-corrected chi connectivity index (χ3v) is 7.05. The molecule has 0 bridgehead atoms. The van der Waals surface area contributed by atoms with Crippen LogP contribution in [-0.2, 0) is 26.9 Å². The molecule has 13 heteroatoms. The summed E-state index contributed by atoms with van der Waals surface area (Å²) in [5.41, 5.74) is -0.774. The lowest BCUT2D eigenvalue weighted by atomic mass is 10.0. The number of piperazine rings is 1. The van der Waals surface area contributed by atoms with E-state index in [-0.39, 0.29) is 68.3 Å². The second-order valence-corrected chi connectivity index (χ2v) is 10.2. The largest absolute Gasteiger partial charge is 0.462 e. The van der Waals surface area contributed by atoms with Crippen molar-refractivity contribution in [2.45, 2.75) is 39.4 Å². The second-order valence-electron chi connectivity index (χ2n) is 10.2. The fraction of sp³-hybridized carbons (Fsp3) is 0.414. The van der Waals surface area contributed by atoms with E-state index in [1.165, 1.54) is 16.7 Å². The summed E-state index contributed by atoms with van der Waals surface area (Å²) in [4.78, 5) is 48.4. The van der Waals surface area contributed by atoms with E-state index in [1.54, 1.807) is 6.20 Å². The number of ether oxygens (including phenoxy) is 1. The molecule has 1 unspecified atom stereocenters. The van der Waals surface area contributed by atoms with Gasteiger partial charge < -0.3 is 24.8 Å². The monoisotopic (exact) mass is 584 g/mol. The highest BCUT2D eigenvalue weighted by molar-refractivity contribution is 5.93. The Kier molecular flexibility index (Phi) is 9.04. The molecule has 1 aliphatic heterocycles. The number of anilines is 1. The summed E-state index contributed by atoms with van der Waals surface area (Å²) in [6, 6.07) is 9.45. The van der Waals surface area contributed by atoms with Crippen LogP contribution < -0.4 is 10.2 Å². The maximum absolute atomic E-state index is 13.8. The number of fused-ring (bicyclic) bond motifs is 1. The molecule has 1 fully saturated rings. The SMILES string of the molecule is CCOC(=O)c1cc(C#N)c(N2CCN(C(=O)C(NC(=O)Cc3c[nH]c4ccccc34)C(C)C)CC2)nc1C(F)(F)F. The normalized spacial score (nSPS) is 14.5. The quantitative estimate of drug-likeness (QED) is 0.387. The zero-order valence-electron chi connectivity index (χ0n) is 23.4. The molecule has 10 nitrogen and oxygen atoms in total. The van der Waals surface area contributed by atoms with Gasteiger partial charge in [0, 0.05) is 43.3 Å². The number of amides is 2. The lowest BCUT2D eigenvalue weighted by Gasteiger charge is -2.38. The van der Waals surface area contributed by atoms with E-state index in [2.05, 4.69) is 15.3 Å². The van der Waals surface area contributed by atoms with Crippen LogP contribution in [0.4, 0.5) is 19.0 Å². The van der Waals surface area contributed by atoms with E-state index in [0.717, 1.165) is 22.5 Å². The molecule has 1 saturated heterocycles. The fourth-order valence-corrected chi connectivity index (χ4v) is 4.93. The zero-order valence-corrected chi connectivity index (χ0v) is 23.4. The smallest absolute Gasteiger partial charge is 0.434 e. The van der Waals surface area contributed by atoms with Crippen LogP contribution in [0.1, 0.15) is 48.0 Å². The number of esters is 1. The van der Waals surface area contributed by atoms with Crippen molar-refractivity contribution in [3.8, 4) is 6.07 Å². The first-order valence-corrected chi connectivity index (χ1v) is 13.5. The number of hydrogen-bond acceptors (Lipinski definition) is 7. The predicted molar refractivity (Wildman–Crippen MR) is 147 cm³/mol. The first-order chi connectivity index (χ1) is 19.9. The van der Waals surface area contributed by atoms with E-state index in [9.17, 15) is 32.8 Å². The molecule has 0 aliphatic carbocycles. The van der Waals surface area contributed by atoms with Crippen molar-refractivity contribution in [3.05, 3.63) is 58.9 Å². The number of nitrogens with one attached hydrogen (secondary N) is 2. The Morgan fingerprint density at radius 1 is 1.17 bits per heavy atom. The first-order valence-electron chi connectivity index (χ1n) is 13.5. The number of pyridine rings is 1. The molecule has 1 atom stereocenters. The fourth-order valence-electron chi connectivity index (χ4n) is 4.93. The number of rotatable bonds is 8. The Bertz CT molecular complexity index is 1520. The van der Waals surface area contributed by atoms with E-state index in [0.29, 0.717) is 0 Å². The highest BCUT2D eigenvalue weighted by Crippen LogP contribution is 2.34. The molecule has 0 saturated carbocycles. The van der Waals surface area contributed by atoms with Crippen molar-refractivity contribution >= 4 is 34.5 Å². The minimum absolute atomic E-state index is 0.0836. The molecule has 1 aromatic carbocycles. The maximum atomic E-state index is 13.8. The standard InChI is InChI=1S/C29H31F3N6O4/c1-4-42-28(41)21-13-18(15-33)26(36-25(21)29(30,31)32)37-9-11-38(12-10-37)27(40)24(17(2)3)35-23(39)14-19-16-34-22-8-6-5-7-20(19)22/h5-8,13,16-17,24,34H,4,9-12,14H2,1-3H3,(H,35,39). The molecular formula is C29H31F3N6O4. The number of aromatic nitrogens is 2. The Morgan fingerprint density at radius 2 is 1.86 bits per heavy atom. The summed E-state index contributed by atoms with van der Waals surface area (Å²) >= 11 is 0. The Morgan fingerprint density at radius 3 is 2.48 bits per heavy atom. The molecule has 222 valence electrons. The summed E-state index contributed by atoms with van der Waals surface area (Å²) in [6.45, 7) is 5.40. The number of benzene rings is 1. The second kappa shape index (κ2) is 12.5. The van der Waals surface area contributed by atoms with Crippen LogP contribution in [0.2, 0.25) is 0 Å². The molecule has 42 heavy (non-hydrogen) atoms. The molecule has 2 amide bonds. The van der Waals surface area contributed by atoms with Gasteiger partial charge in [-0.1, -0.05) is 32.0 Å². The van der Waals surface area contributed by atoms with E-state index < -0.39 is 29.4 Å². The molecule has 4 rings (SSSR count). The van der Waals surface area contributed by atoms with Gasteiger partial charge >= 0.3 is 12.1 Å². The number of para-hydroxylation sites is 1. The molecule has 0 spiro atoms. The Hall–Kier alpha value is -4.60. The van der Waals surface area contributed by atoms with Crippen molar-refractivity contribution in [3.63, 3.8) is 0 Å². The minimum Gasteiger partial charge on any atom is -0.462 e. The van der Waals surface area contributed by atoms with Gasteiger partial charge in [-0.25, -0.2) is 9.78 Å². The molecular weight excluding hydrogens is 553 g/mol. The van der Waals surface area contributed by atoms with Crippen molar-refractivity contribution in [2.75, 3.05) is 37.7 Å². The summed E-state index contributed by atoms with van der Waals surface area (Å²) < 4.78 is 46.1. The molecule has 3 aromatic rings. The number of nitrogens with zero attached hydrogens (tertiary/aromatic N) is 4. The van der Waals surface area contributed by atoms with Crippen LogP contribution in [0.5, 0.6) is 0 Å². The summed E-state index contributed by atoms with van der Waals surface area (Å²) in [5.74, 6) is -2.28. The number of carbonyl (C=O) groups excluding carboxylic acids is 3. The summed E-state index contributed by atoms with van der Waals surface area (Å²) in [6.07, 6.45) is -3.11. The number of nitriles is 1. The zero-order chi connectivity index (χ0) is 30.6. The van der Waals surface area contributed by atoms with E-state index in [4.69, 9.17) is 4.74 Å². The average Bonchev–Trinajstić information content (AvgIpc) is 3.37. The average molecular weight is 585 g/mol. The topological polar surface area (TPSA) is 131 Å². The number of hydrogen-bond donors (Lipinski definition) is 2. The Labute approximate surface area is 240 Å². The van der Waals surface area contributed by atoms with Crippen molar-refractivity contribution in [2.24, 2.45) is 5.92 Å². The van der Waals surface area contributed by atoms with Gasteiger partial charge in [0.2, 0.25) is 11.8 Å². The van der Waals surface area contributed by atoms with Gasteiger partial charge in [-0.05, 0) is 30.5 Å². The van der Waals surface area contributed by atoms with Crippen molar-refractivity contribution in [1.29, 1.82) is 5.26 Å². The van der Waals surface area contributed by atoms with E-state index >= 15 is 0 Å². The molecule has 3 heterocycles.